The van der Waals surface area contributed by atoms with Gasteiger partial charge in [0.2, 0.25) is 5.91 Å². The van der Waals surface area contributed by atoms with Gasteiger partial charge in [-0.2, -0.15) is 0 Å². The maximum Gasteiger partial charge on any atom is 0.230 e. The van der Waals surface area contributed by atoms with Crippen molar-refractivity contribution in [3.8, 4) is 22.8 Å². The number of hydrogen-bond acceptors (Lipinski definition) is 5. The molecule has 0 unspecified atom stereocenters. The molecule has 0 saturated carbocycles. The molecule has 5 nitrogen and oxygen atoms in total. The van der Waals surface area contributed by atoms with Gasteiger partial charge < -0.3 is 14.8 Å². The normalized spacial score (nSPS) is 10.3. The highest BCUT2D eigenvalue weighted by Gasteiger charge is 2.13. The molecule has 3 aromatic rings. The first-order valence-corrected chi connectivity index (χ1v) is 8.59. The van der Waals surface area contributed by atoms with E-state index in [9.17, 15) is 4.79 Å². The first-order chi connectivity index (χ1) is 12.2. The molecule has 0 aliphatic rings. The predicted molar refractivity (Wildman–Crippen MR) is 99.4 cm³/mol. The molecular formula is C19H18N2O3S. The van der Waals surface area contributed by atoms with Crippen molar-refractivity contribution in [1.82, 2.24) is 4.98 Å². The highest BCUT2D eigenvalue weighted by molar-refractivity contribution is 7.14. The van der Waals surface area contributed by atoms with E-state index in [1.54, 1.807) is 14.2 Å². The molecule has 0 aliphatic heterocycles. The number of carbonyl (C=O) groups is 1. The van der Waals surface area contributed by atoms with Crippen LogP contribution in [0.15, 0.2) is 53.9 Å². The average molecular weight is 354 g/mol. The van der Waals surface area contributed by atoms with Crippen molar-refractivity contribution in [3.05, 3.63) is 59.5 Å². The lowest BCUT2D eigenvalue weighted by atomic mass is 10.1. The number of aromatic nitrogens is 1. The zero-order valence-electron chi connectivity index (χ0n) is 14.0. The number of amides is 1. The summed E-state index contributed by atoms with van der Waals surface area (Å²) in [6, 6.07) is 15.2. The summed E-state index contributed by atoms with van der Waals surface area (Å²) in [5.41, 5.74) is 2.57. The average Bonchev–Trinajstić information content (AvgIpc) is 3.10. The van der Waals surface area contributed by atoms with Crippen LogP contribution in [0.5, 0.6) is 11.5 Å². The van der Waals surface area contributed by atoms with Crippen molar-refractivity contribution in [2.75, 3.05) is 19.5 Å². The quantitative estimate of drug-likeness (QED) is 0.727. The monoisotopic (exact) mass is 354 g/mol. The first kappa shape index (κ1) is 17.0. The van der Waals surface area contributed by atoms with Crippen molar-refractivity contribution in [2.24, 2.45) is 0 Å². The molecule has 2 aromatic carbocycles. The fourth-order valence-corrected chi connectivity index (χ4v) is 3.14. The number of rotatable bonds is 6. The first-order valence-electron chi connectivity index (χ1n) is 7.71. The van der Waals surface area contributed by atoms with Gasteiger partial charge in [-0.3, -0.25) is 4.79 Å². The molecule has 0 saturated heterocycles. The van der Waals surface area contributed by atoms with E-state index in [0.29, 0.717) is 23.1 Å². The van der Waals surface area contributed by atoms with Crippen LogP contribution >= 0.6 is 11.3 Å². The van der Waals surface area contributed by atoms with Crippen LogP contribution in [0.2, 0.25) is 0 Å². The molecule has 6 heteroatoms. The third-order valence-corrected chi connectivity index (χ3v) is 4.40. The van der Waals surface area contributed by atoms with Gasteiger partial charge in [0.25, 0.3) is 0 Å². The van der Waals surface area contributed by atoms with Crippen LogP contribution in [0.1, 0.15) is 5.56 Å². The van der Waals surface area contributed by atoms with Gasteiger partial charge in [0, 0.05) is 17.0 Å². The summed E-state index contributed by atoms with van der Waals surface area (Å²) in [4.78, 5) is 16.6. The standard InChI is InChI=1S/C19H18N2O3S/c1-23-14-8-9-15(17(11-14)24-2)16-12-25-19(20-16)21-18(22)10-13-6-4-3-5-7-13/h3-9,11-12H,10H2,1-2H3,(H,20,21,22). The van der Waals surface area contributed by atoms with Crippen molar-refractivity contribution >= 4 is 22.4 Å². The Hall–Kier alpha value is -2.86. The summed E-state index contributed by atoms with van der Waals surface area (Å²) in [7, 11) is 3.21. The zero-order chi connectivity index (χ0) is 17.6. The number of carbonyl (C=O) groups excluding carboxylic acids is 1. The van der Waals surface area contributed by atoms with Crippen LogP contribution in [0.4, 0.5) is 5.13 Å². The van der Waals surface area contributed by atoms with Crippen LogP contribution in [0.25, 0.3) is 11.3 Å². The summed E-state index contributed by atoms with van der Waals surface area (Å²) >= 11 is 1.38. The minimum Gasteiger partial charge on any atom is -0.497 e. The van der Waals surface area contributed by atoms with Gasteiger partial charge in [-0.25, -0.2) is 4.98 Å². The largest absolute Gasteiger partial charge is 0.497 e. The maximum absolute atomic E-state index is 12.1. The van der Waals surface area contributed by atoms with Gasteiger partial charge in [-0.1, -0.05) is 30.3 Å². The fraction of sp³-hybridized carbons (Fsp3) is 0.158. The highest BCUT2D eigenvalue weighted by atomic mass is 32.1. The second-order valence-electron chi connectivity index (χ2n) is 5.31. The predicted octanol–water partition coefficient (Wildman–Crippen LogP) is 4.01. The van der Waals surface area contributed by atoms with Crippen molar-refractivity contribution in [3.63, 3.8) is 0 Å². The van der Waals surface area contributed by atoms with Crippen molar-refractivity contribution in [2.45, 2.75) is 6.42 Å². The molecule has 128 valence electrons. The molecule has 0 atom stereocenters. The second kappa shape index (κ2) is 7.81. The third-order valence-electron chi connectivity index (χ3n) is 3.64. The Morgan fingerprint density at radius 2 is 1.92 bits per heavy atom. The Morgan fingerprint density at radius 3 is 2.64 bits per heavy atom. The number of hydrogen-bond donors (Lipinski definition) is 1. The summed E-state index contributed by atoms with van der Waals surface area (Å²) in [5, 5.41) is 5.30. The molecule has 0 radical (unpaired) electrons. The van der Waals surface area contributed by atoms with E-state index >= 15 is 0 Å². The van der Waals surface area contributed by atoms with Gasteiger partial charge in [0.15, 0.2) is 5.13 Å². The van der Waals surface area contributed by atoms with E-state index < -0.39 is 0 Å². The van der Waals surface area contributed by atoms with Gasteiger partial charge in [0.05, 0.1) is 26.3 Å². The number of nitrogens with zero attached hydrogens (tertiary/aromatic N) is 1. The van der Waals surface area contributed by atoms with E-state index in [0.717, 1.165) is 16.8 Å². The molecule has 0 bridgehead atoms. The lowest BCUT2D eigenvalue weighted by Crippen LogP contribution is -2.14. The number of thiazole rings is 1. The molecule has 1 N–H and O–H groups in total. The SMILES string of the molecule is COc1ccc(-c2csc(NC(=O)Cc3ccccc3)n2)c(OC)c1. The Labute approximate surface area is 150 Å². The third kappa shape index (κ3) is 4.16. The summed E-state index contributed by atoms with van der Waals surface area (Å²) in [6.45, 7) is 0. The van der Waals surface area contributed by atoms with E-state index in [1.807, 2.05) is 53.9 Å². The van der Waals surface area contributed by atoms with Crippen LogP contribution < -0.4 is 14.8 Å². The number of nitrogens with one attached hydrogen (secondary N) is 1. The molecule has 1 aromatic heterocycles. The molecule has 3 rings (SSSR count). The number of anilines is 1. The number of benzene rings is 2. The van der Waals surface area contributed by atoms with Crippen molar-refractivity contribution < 1.29 is 14.3 Å². The Balaban J connectivity index is 1.73. The molecule has 0 fully saturated rings. The lowest BCUT2D eigenvalue weighted by Gasteiger charge is -2.08. The van der Waals surface area contributed by atoms with E-state index in [1.165, 1.54) is 11.3 Å². The van der Waals surface area contributed by atoms with Gasteiger partial charge in [-0.15, -0.1) is 11.3 Å². The molecule has 1 amide bonds. The Morgan fingerprint density at radius 1 is 1.12 bits per heavy atom. The Kier molecular flexibility index (Phi) is 5.30. The number of methoxy groups -OCH3 is 2. The molecule has 25 heavy (non-hydrogen) atoms. The van der Waals surface area contributed by atoms with Crippen LogP contribution in [-0.2, 0) is 11.2 Å². The topological polar surface area (TPSA) is 60.5 Å². The van der Waals surface area contributed by atoms with E-state index in [2.05, 4.69) is 10.3 Å². The minimum absolute atomic E-state index is 0.0891. The van der Waals surface area contributed by atoms with Crippen LogP contribution in [-0.4, -0.2) is 25.1 Å². The zero-order valence-corrected chi connectivity index (χ0v) is 14.8. The second-order valence-corrected chi connectivity index (χ2v) is 6.17. The summed E-state index contributed by atoms with van der Waals surface area (Å²) in [5.74, 6) is 1.30. The molecule has 0 aliphatic carbocycles. The lowest BCUT2D eigenvalue weighted by molar-refractivity contribution is -0.115. The van der Waals surface area contributed by atoms with Crippen LogP contribution in [0.3, 0.4) is 0 Å². The molecule has 0 spiro atoms. The summed E-state index contributed by atoms with van der Waals surface area (Å²) < 4.78 is 10.6. The van der Waals surface area contributed by atoms with E-state index in [4.69, 9.17) is 9.47 Å². The van der Waals surface area contributed by atoms with Gasteiger partial charge in [0.1, 0.15) is 11.5 Å². The molecular weight excluding hydrogens is 336 g/mol. The van der Waals surface area contributed by atoms with Gasteiger partial charge in [-0.05, 0) is 17.7 Å². The Bertz CT molecular complexity index is 862. The van der Waals surface area contributed by atoms with E-state index in [-0.39, 0.29) is 5.91 Å². The van der Waals surface area contributed by atoms with Crippen molar-refractivity contribution in [1.29, 1.82) is 0 Å². The molecule has 1 heterocycles. The van der Waals surface area contributed by atoms with Crippen LogP contribution in [0, 0.1) is 0 Å². The maximum atomic E-state index is 12.1. The smallest absolute Gasteiger partial charge is 0.230 e. The van der Waals surface area contributed by atoms with Gasteiger partial charge >= 0.3 is 0 Å². The highest BCUT2D eigenvalue weighted by Crippen LogP contribution is 2.34. The fourth-order valence-electron chi connectivity index (χ4n) is 2.41. The number of ether oxygens (including phenoxy) is 2. The summed E-state index contributed by atoms with van der Waals surface area (Å²) in [6.07, 6.45) is 0.321. The minimum atomic E-state index is -0.0891.